The van der Waals surface area contributed by atoms with Crippen molar-refractivity contribution >= 4 is 0 Å². The van der Waals surface area contributed by atoms with Crippen LogP contribution >= 0.6 is 0 Å². The molecule has 0 saturated carbocycles. The summed E-state index contributed by atoms with van der Waals surface area (Å²) in [6.07, 6.45) is 4.18. The largest absolute Gasteiger partial charge is 0.363 e. The number of nitrogens with zero attached hydrogens (tertiary/aromatic N) is 2. The summed E-state index contributed by atoms with van der Waals surface area (Å²) in [7, 11) is 4.20. The van der Waals surface area contributed by atoms with E-state index in [2.05, 4.69) is 23.9 Å². The summed E-state index contributed by atoms with van der Waals surface area (Å²) in [6.45, 7) is 3.85. The van der Waals surface area contributed by atoms with Gasteiger partial charge in [-0.05, 0) is 33.4 Å². The zero-order valence-corrected chi connectivity index (χ0v) is 9.82. The first kappa shape index (κ1) is 11.3. The van der Waals surface area contributed by atoms with E-state index in [9.17, 15) is 0 Å². The highest BCUT2D eigenvalue weighted by Gasteiger charge is 2.24. The van der Waals surface area contributed by atoms with Crippen molar-refractivity contribution in [3.63, 3.8) is 0 Å². The molecule has 15 heavy (non-hydrogen) atoms. The molecule has 2 unspecified atom stereocenters. The van der Waals surface area contributed by atoms with Gasteiger partial charge in [-0.1, -0.05) is 0 Å². The average molecular weight is 214 g/mol. The first-order chi connectivity index (χ1) is 7.24. The molecule has 2 rings (SSSR count). The topological polar surface area (TPSA) is 24.9 Å². The van der Waals surface area contributed by atoms with Crippen molar-refractivity contribution in [2.24, 2.45) is 0 Å². The minimum absolute atomic E-state index is 0.412. The first-order valence-corrected chi connectivity index (χ1v) is 5.84. The van der Waals surface area contributed by atoms with Gasteiger partial charge in [0.15, 0.2) is 0 Å². The molecule has 4 nitrogen and oxygen atoms in total. The van der Waals surface area contributed by atoms with Crippen LogP contribution in [0.3, 0.4) is 0 Å². The zero-order valence-electron chi connectivity index (χ0n) is 9.82. The van der Waals surface area contributed by atoms with E-state index in [1.165, 1.54) is 0 Å². The molecular weight excluding hydrogens is 192 g/mol. The molecule has 0 aromatic carbocycles. The molecule has 2 fully saturated rings. The molecule has 0 amide bonds. The lowest BCUT2D eigenvalue weighted by atomic mass is 10.0. The fraction of sp³-hybridized carbons (Fsp3) is 1.00. The van der Waals surface area contributed by atoms with Crippen LogP contribution in [0.5, 0.6) is 0 Å². The first-order valence-electron chi connectivity index (χ1n) is 5.84. The molecule has 0 spiro atoms. The number of hydrogen-bond donors (Lipinski definition) is 0. The average Bonchev–Trinajstić information content (AvgIpc) is 2.25. The summed E-state index contributed by atoms with van der Waals surface area (Å²) in [5.41, 5.74) is 0. The van der Waals surface area contributed by atoms with Crippen LogP contribution in [0.2, 0.25) is 0 Å². The van der Waals surface area contributed by atoms with Crippen molar-refractivity contribution in [3.8, 4) is 0 Å². The molecule has 2 saturated heterocycles. The van der Waals surface area contributed by atoms with Crippen LogP contribution in [-0.4, -0.2) is 62.7 Å². The Morgan fingerprint density at radius 1 is 0.933 bits per heavy atom. The lowest BCUT2D eigenvalue weighted by Gasteiger charge is -2.34. The van der Waals surface area contributed by atoms with Crippen LogP contribution < -0.4 is 0 Å². The lowest BCUT2D eigenvalue weighted by Crippen LogP contribution is -2.40. The van der Waals surface area contributed by atoms with Gasteiger partial charge in [0, 0.05) is 13.1 Å². The highest BCUT2D eigenvalue weighted by Crippen LogP contribution is 2.19. The third-order valence-electron chi connectivity index (χ3n) is 3.25. The second-order valence-electron chi connectivity index (χ2n) is 4.81. The summed E-state index contributed by atoms with van der Waals surface area (Å²) in [5, 5.41) is 0. The van der Waals surface area contributed by atoms with Gasteiger partial charge >= 0.3 is 0 Å². The van der Waals surface area contributed by atoms with Gasteiger partial charge < -0.3 is 9.47 Å². The van der Waals surface area contributed by atoms with Crippen LogP contribution in [0.1, 0.15) is 19.3 Å². The SMILES string of the molecule is CN1CCC(CC2CCN(C)CO2)OC1. The Morgan fingerprint density at radius 3 is 1.73 bits per heavy atom. The molecular formula is C11H22N2O2. The summed E-state index contributed by atoms with van der Waals surface area (Å²) < 4.78 is 11.5. The van der Waals surface area contributed by atoms with E-state index < -0.39 is 0 Å². The zero-order chi connectivity index (χ0) is 10.7. The van der Waals surface area contributed by atoms with Crippen molar-refractivity contribution < 1.29 is 9.47 Å². The normalized spacial score (nSPS) is 35.6. The predicted molar refractivity (Wildman–Crippen MR) is 58.6 cm³/mol. The maximum absolute atomic E-state index is 5.75. The Kier molecular flexibility index (Phi) is 3.97. The molecule has 2 aliphatic heterocycles. The van der Waals surface area contributed by atoms with Crippen LogP contribution in [0, 0.1) is 0 Å². The smallest absolute Gasteiger partial charge is 0.0991 e. The highest BCUT2D eigenvalue weighted by atomic mass is 16.5. The standard InChI is InChI=1S/C11H22N2O2/c1-12-5-3-10(14-8-12)7-11-4-6-13(2)9-15-11/h10-11H,3-9H2,1-2H3. The Morgan fingerprint density at radius 2 is 1.40 bits per heavy atom. The van der Waals surface area contributed by atoms with Gasteiger partial charge in [-0.25, -0.2) is 0 Å². The predicted octanol–water partition coefficient (Wildman–Crippen LogP) is 0.733. The molecule has 2 aliphatic rings. The molecule has 0 aromatic heterocycles. The Hall–Kier alpha value is -0.160. The Bertz CT molecular complexity index is 165. The van der Waals surface area contributed by atoms with Gasteiger partial charge in [0.05, 0.1) is 25.7 Å². The van der Waals surface area contributed by atoms with E-state index in [4.69, 9.17) is 9.47 Å². The maximum Gasteiger partial charge on any atom is 0.0991 e. The highest BCUT2D eigenvalue weighted by molar-refractivity contribution is 4.73. The van der Waals surface area contributed by atoms with E-state index in [1.807, 2.05) is 0 Å². The van der Waals surface area contributed by atoms with Crippen molar-refractivity contribution in [1.29, 1.82) is 0 Å². The van der Waals surface area contributed by atoms with Gasteiger partial charge in [0.25, 0.3) is 0 Å². The summed E-state index contributed by atoms with van der Waals surface area (Å²) in [4.78, 5) is 4.43. The Balaban J connectivity index is 1.68. The van der Waals surface area contributed by atoms with E-state index >= 15 is 0 Å². The van der Waals surface area contributed by atoms with E-state index in [1.54, 1.807) is 0 Å². The fourth-order valence-corrected chi connectivity index (χ4v) is 2.15. The molecule has 2 heterocycles. The van der Waals surface area contributed by atoms with Gasteiger partial charge in [-0.2, -0.15) is 0 Å². The lowest BCUT2D eigenvalue weighted by molar-refractivity contribution is -0.110. The number of rotatable bonds is 2. The molecule has 0 radical (unpaired) electrons. The molecule has 2 atom stereocenters. The van der Waals surface area contributed by atoms with E-state index in [0.717, 1.165) is 45.8 Å². The molecule has 0 N–H and O–H groups in total. The van der Waals surface area contributed by atoms with Gasteiger partial charge in [-0.3, -0.25) is 9.80 Å². The molecule has 0 aromatic rings. The van der Waals surface area contributed by atoms with Crippen molar-refractivity contribution in [2.45, 2.75) is 31.5 Å². The summed E-state index contributed by atoms with van der Waals surface area (Å²) in [5.74, 6) is 0. The number of hydrogen-bond acceptors (Lipinski definition) is 4. The quantitative estimate of drug-likeness (QED) is 0.676. The van der Waals surface area contributed by atoms with E-state index in [-0.39, 0.29) is 0 Å². The molecule has 0 bridgehead atoms. The third-order valence-corrected chi connectivity index (χ3v) is 3.25. The molecule has 4 heteroatoms. The second-order valence-corrected chi connectivity index (χ2v) is 4.81. The van der Waals surface area contributed by atoms with Crippen LogP contribution in [0.4, 0.5) is 0 Å². The van der Waals surface area contributed by atoms with Crippen LogP contribution in [0.15, 0.2) is 0 Å². The molecule has 0 aliphatic carbocycles. The summed E-state index contributed by atoms with van der Waals surface area (Å²) >= 11 is 0. The van der Waals surface area contributed by atoms with Gasteiger partial charge in [-0.15, -0.1) is 0 Å². The monoisotopic (exact) mass is 214 g/mol. The van der Waals surface area contributed by atoms with E-state index in [0.29, 0.717) is 12.2 Å². The Labute approximate surface area is 92.1 Å². The minimum atomic E-state index is 0.412. The maximum atomic E-state index is 5.75. The summed E-state index contributed by atoms with van der Waals surface area (Å²) in [6, 6.07) is 0. The fourth-order valence-electron chi connectivity index (χ4n) is 2.15. The van der Waals surface area contributed by atoms with Crippen molar-refractivity contribution in [1.82, 2.24) is 9.80 Å². The van der Waals surface area contributed by atoms with Crippen LogP contribution in [0.25, 0.3) is 0 Å². The van der Waals surface area contributed by atoms with Crippen LogP contribution in [-0.2, 0) is 9.47 Å². The number of ether oxygens (including phenoxy) is 2. The third kappa shape index (κ3) is 3.41. The second kappa shape index (κ2) is 5.25. The van der Waals surface area contributed by atoms with Gasteiger partial charge in [0.2, 0.25) is 0 Å². The minimum Gasteiger partial charge on any atom is -0.363 e. The van der Waals surface area contributed by atoms with Crippen molar-refractivity contribution in [2.75, 3.05) is 40.6 Å². The van der Waals surface area contributed by atoms with Crippen molar-refractivity contribution in [3.05, 3.63) is 0 Å². The molecule has 88 valence electrons. The van der Waals surface area contributed by atoms with Gasteiger partial charge in [0.1, 0.15) is 0 Å².